The third-order valence-electron chi connectivity index (χ3n) is 3.04. The lowest BCUT2D eigenvalue weighted by Gasteiger charge is -2.10. The second-order valence-electron chi connectivity index (χ2n) is 5.08. The van der Waals surface area contributed by atoms with Gasteiger partial charge in [-0.15, -0.1) is 0 Å². The SMILES string of the molecule is COc1ccc(/C=C(\C#N)C(=O)OCC(=O)NCC(=O)N(C)C)cc1. The topological polar surface area (TPSA) is 109 Å². The Morgan fingerprint density at radius 1 is 1.24 bits per heavy atom. The maximum Gasteiger partial charge on any atom is 0.349 e. The number of nitrogens with zero attached hydrogens (tertiary/aromatic N) is 2. The Labute approximate surface area is 145 Å². The van der Waals surface area contributed by atoms with Crippen molar-refractivity contribution in [3.8, 4) is 11.8 Å². The minimum absolute atomic E-state index is 0.198. The summed E-state index contributed by atoms with van der Waals surface area (Å²) in [7, 11) is 4.63. The summed E-state index contributed by atoms with van der Waals surface area (Å²) < 4.78 is 9.79. The zero-order valence-corrected chi connectivity index (χ0v) is 14.2. The summed E-state index contributed by atoms with van der Waals surface area (Å²) in [6, 6.07) is 8.43. The largest absolute Gasteiger partial charge is 0.497 e. The summed E-state index contributed by atoms with van der Waals surface area (Å²) >= 11 is 0. The molecule has 0 bridgehead atoms. The number of esters is 1. The molecule has 1 rings (SSSR count). The van der Waals surface area contributed by atoms with Gasteiger partial charge in [-0.2, -0.15) is 5.26 Å². The van der Waals surface area contributed by atoms with Crippen LogP contribution in [0.25, 0.3) is 6.08 Å². The number of carbonyl (C=O) groups excluding carboxylic acids is 3. The first-order valence-corrected chi connectivity index (χ1v) is 7.27. The van der Waals surface area contributed by atoms with Crippen LogP contribution in [0.3, 0.4) is 0 Å². The molecule has 0 unspecified atom stereocenters. The smallest absolute Gasteiger partial charge is 0.349 e. The predicted molar refractivity (Wildman–Crippen MR) is 89.2 cm³/mol. The lowest BCUT2D eigenvalue weighted by molar-refractivity contribution is -0.144. The van der Waals surface area contributed by atoms with Crippen molar-refractivity contribution in [2.24, 2.45) is 0 Å². The number of nitrogens with one attached hydrogen (secondary N) is 1. The van der Waals surface area contributed by atoms with Crippen LogP contribution in [-0.2, 0) is 19.1 Å². The number of likely N-dealkylation sites (N-methyl/N-ethyl adjacent to an activating group) is 1. The highest BCUT2D eigenvalue weighted by Crippen LogP contribution is 2.14. The van der Waals surface area contributed by atoms with Crippen molar-refractivity contribution in [1.82, 2.24) is 10.2 Å². The van der Waals surface area contributed by atoms with Gasteiger partial charge in [-0.25, -0.2) is 4.79 Å². The molecule has 25 heavy (non-hydrogen) atoms. The molecule has 1 aromatic rings. The maximum absolute atomic E-state index is 11.9. The zero-order chi connectivity index (χ0) is 18.8. The van der Waals surface area contributed by atoms with E-state index in [1.54, 1.807) is 44.4 Å². The van der Waals surface area contributed by atoms with Crippen LogP contribution in [0.2, 0.25) is 0 Å². The molecule has 0 aliphatic heterocycles. The molecule has 0 aliphatic rings. The monoisotopic (exact) mass is 345 g/mol. The van der Waals surface area contributed by atoms with Crippen LogP contribution in [0.5, 0.6) is 5.75 Å². The van der Waals surface area contributed by atoms with Crippen molar-refractivity contribution >= 4 is 23.9 Å². The average Bonchev–Trinajstić information content (AvgIpc) is 2.62. The van der Waals surface area contributed by atoms with E-state index in [1.807, 2.05) is 0 Å². The molecule has 0 aromatic heterocycles. The maximum atomic E-state index is 11.9. The first-order valence-electron chi connectivity index (χ1n) is 7.27. The predicted octanol–water partition coefficient (Wildman–Crippen LogP) is 0.350. The van der Waals surface area contributed by atoms with E-state index in [4.69, 9.17) is 14.7 Å². The zero-order valence-electron chi connectivity index (χ0n) is 14.2. The van der Waals surface area contributed by atoms with Crippen LogP contribution < -0.4 is 10.1 Å². The van der Waals surface area contributed by atoms with Gasteiger partial charge in [0.25, 0.3) is 5.91 Å². The number of rotatable bonds is 7. The highest BCUT2D eigenvalue weighted by Gasteiger charge is 2.14. The molecular weight excluding hydrogens is 326 g/mol. The van der Waals surface area contributed by atoms with Gasteiger partial charge in [-0.1, -0.05) is 12.1 Å². The normalized spacial score (nSPS) is 10.4. The van der Waals surface area contributed by atoms with E-state index in [0.29, 0.717) is 11.3 Å². The highest BCUT2D eigenvalue weighted by molar-refractivity contribution is 5.99. The molecule has 0 atom stereocenters. The van der Waals surface area contributed by atoms with Crippen LogP contribution >= 0.6 is 0 Å². The molecule has 0 heterocycles. The molecule has 0 radical (unpaired) electrons. The minimum atomic E-state index is -0.924. The van der Waals surface area contributed by atoms with Gasteiger partial charge in [-0.05, 0) is 23.8 Å². The number of hydrogen-bond acceptors (Lipinski definition) is 6. The van der Waals surface area contributed by atoms with E-state index in [-0.39, 0.29) is 18.0 Å². The fourth-order valence-electron chi connectivity index (χ4n) is 1.60. The van der Waals surface area contributed by atoms with Gasteiger partial charge in [0.15, 0.2) is 6.61 Å². The molecular formula is C17H19N3O5. The van der Waals surface area contributed by atoms with Crippen molar-refractivity contribution in [3.05, 3.63) is 35.4 Å². The molecule has 0 fully saturated rings. The number of carbonyl (C=O) groups is 3. The Balaban J connectivity index is 2.58. The quantitative estimate of drug-likeness (QED) is 0.434. The number of nitriles is 1. The van der Waals surface area contributed by atoms with Crippen molar-refractivity contribution in [2.45, 2.75) is 0 Å². The van der Waals surface area contributed by atoms with Crippen LogP contribution in [0.15, 0.2) is 29.8 Å². The van der Waals surface area contributed by atoms with Gasteiger partial charge in [-0.3, -0.25) is 9.59 Å². The molecule has 8 heteroatoms. The van der Waals surface area contributed by atoms with Gasteiger partial charge < -0.3 is 19.7 Å². The fraction of sp³-hybridized carbons (Fsp3) is 0.294. The third kappa shape index (κ3) is 6.74. The van der Waals surface area contributed by atoms with Gasteiger partial charge >= 0.3 is 5.97 Å². The fourth-order valence-corrected chi connectivity index (χ4v) is 1.60. The van der Waals surface area contributed by atoms with Crippen molar-refractivity contribution in [3.63, 3.8) is 0 Å². The van der Waals surface area contributed by atoms with Gasteiger partial charge in [0.2, 0.25) is 5.91 Å². The molecule has 0 saturated heterocycles. The van der Waals surface area contributed by atoms with Crippen LogP contribution in [0.1, 0.15) is 5.56 Å². The molecule has 2 amide bonds. The minimum Gasteiger partial charge on any atom is -0.497 e. The summed E-state index contributed by atoms with van der Waals surface area (Å²) in [4.78, 5) is 36.0. The summed E-state index contributed by atoms with van der Waals surface area (Å²) in [5, 5.41) is 11.4. The van der Waals surface area contributed by atoms with E-state index in [2.05, 4.69) is 5.32 Å². The first kappa shape index (κ1) is 19.7. The number of amides is 2. The second-order valence-corrected chi connectivity index (χ2v) is 5.08. The van der Waals surface area contributed by atoms with E-state index >= 15 is 0 Å². The van der Waals surface area contributed by atoms with E-state index in [1.165, 1.54) is 18.1 Å². The third-order valence-corrected chi connectivity index (χ3v) is 3.04. The second kappa shape index (κ2) is 9.72. The van der Waals surface area contributed by atoms with Crippen LogP contribution in [0.4, 0.5) is 0 Å². The van der Waals surface area contributed by atoms with Crippen LogP contribution in [-0.4, -0.2) is 57.0 Å². The molecule has 0 spiro atoms. The van der Waals surface area contributed by atoms with Crippen LogP contribution in [0, 0.1) is 11.3 Å². The standard InChI is InChI=1S/C17H19N3O5/c1-20(2)16(22)10-19-15(21)11-25-17(23)13(9-18)8-12-4-6-14(24-3)7-5-12/h4-8H,10-11H2,1-3H3,(H,19,21)/b13-8+. The van der Waals surface area contributed by atoms with Gasteiger partial charge in [0, 0.05) is 14.1 Å². The number of ether oxygens (including phenoxy) is 2. The molecule has 0 saturated carbocycles. The Morgan fingerprint density at radius 2 is 1.88 bits per heavy atom. The first-order chi connectivity index (χ1) is 11.9. The lowest BCUT2D eigenvalue weighted by atomic mass is 10.1. The Bertz CT molecular complexity index is 702. The summed E-state index contributed by atoms with van der Waals surface area (Å²) in [5.41, 5.74) is 0.359. The van der Waals surface area contributed by atoms with Crippen molar-refractivity contribution in [2.75, 3.05) is 34.4 Å². The van der Waals surface area contributed by atoms with E-state index in [0.717, 1.165) is 0 Å². The molecule has 1 N–H and O–H groups in total. The lowest BCUT2D eigenvalue weighted by Crippen LogP contribution is -2.38. The van der Waals surface area contributed by atoms with Crippen molar-refractivity contribution < 1.29 is 23.9 Å². The highest BCUT2D eigenvalue weighted by atomic mass is 16.5. The Hall–Kier alpha value is -3.34. The van der Waals surface area contributed by atoms with Gasteiger partial charge in [0.1, 0.15) is 17.4 Å². The van der Waals surface area contributed by atoms with E-state index < -0.39 is 18.5 Å². The summed E-state index contributed by atoms with van der Waals surface area (Å²) in [5.74, 6) is -1.21. The number of methoxy groups -OCH3 is 1. The Morgan fingerprint density at radius 3 is 2.40 bits per heavy atom. The molecule has 0 aliphatic carbocycles. The average molecular weight is 345 g/mol. The molecule has 1 aromatic carbocycles. The summed E-state index contributed by atoms with van der Waals surface area (Å²) in [6.07, 6.45) is 1.34. The molecule has 132 valence electrons. The van der Waals surface area contributed by atoms with Gasteiger partial charge in [0.05, 0.1) is 13.7 Å². The van der Waals surface area contributed by atoms with Crippen molar-refractivity contribution in [1.29, 1.82) is 5.26 Å². The summed E-state index contributed by atoms with van der Waals surface area (Å²) in [6.45, 7) is -0.780. The van der Waals surface area contributed by atoms with E-state index in [9.17, 15) is 14.4 Å². The molecule has 8 nitrogen and oxygen atoms in total. The number of benzene rings is 1. The Kier molecular flexibility index (Phi) is 7.66. The number of hydrogen-bond donors (Lipinski definition) is 1.